The molecule has 0 radical (unpaired) electrons. The molecule has 1 aliphatic heterocycles. The molecule has 1 aliphatic rings. The zero-order valence-electron chi connectivity index (χ0n) is 16.3. The summed E-state index contributed by atoms with van der Waals surface area (Å²) in [6.07, 6.45) is 5.90. The summed E-state index contributed by atoms with van der Waals surface area (Å²) in [7, 11) is -3.46. The summed E-state index contributed by atoms with van der Waals surface area (Å²) in [5.41, 5.74) is 2.32. The summed E-state index contributed by atoms with van der Waals surface area (Å²) in [6.45, 7) is 1.57. The first-order valence-electron chi connectivity index (χ1n) is 9.77. The second-order valence-corrected chi connectivity index (χ2v) is 9.82. The van der Waals surface area contributed by atoms with Gasteiger partial charge in [-0.25, -0.2) is 13.4 Å². The molecule has 2 aromatic heterocycles. The average molecular weight is 443 g/mol. The van der Waals surface area contributed by atoms with Gasteiger partial charge < -0.3 is 5.32 Å². The van der Waals surface area contributed by atoms with Crippen LogP contribution in [0, 0.1) is 0 Å². The lowest BCUT2D eigenvalue weighted by Gasteiger charge is -2.15. The number of carbonyl (C=O) groups excluding carboxylic acids is 1. The van der Waals surface area contributed by atoms with Gasteiger partial charge in [-0.1, -0.05) is 0 Å². The fourth-order valence-corrected chi connectivity index (χ4v) is 5.67. The fourth-order valence-electron chi connectivity index (χ4n) is 3.31. The number of amides is 1. The predicted molar refractivity (Wildman–Crippen MR) is 116 cm³/mol. The van der Waals surface area contributed by atoms with Crippen LogP contribution in [0.3, 0.4) is 0 Å². The van der Waals surface area contributed by atoms with E-state index in [1.54, 1.807) is 35.9 Å². The minimum atomic E-state index is -3.46. The topological polar surface area (TPSA) is 92.3 Å². The van der Waals surface area contributed by atoms with E-state index in [4.69, 9.17) is 0 Å². The van der Waals surface area contributed by atoms with E-state index in [9.17, 15) is 13.2 Å². The molecular formula is C21H22N4O3S2. The van der Waals surface area contributed by atoms with Crippen molar-refractivity contribution >= 4 is 27.3 Å². The van der Waals surface area contributed by atoms with Crippen LogP contribution in [0.1, 0.15) is 28.9 Å². The van der Waals surface area contributed by atoms with Crippen LogP contribution in [0.15, 0.2) is 59.1 Å². The van der Waals surface area contributed by atoms with E-state index in [1.807, 2.05) is 17.5 Å². The normalized spacial score (nSPS) is 14.7. The smallest absolute Gasteiger partial charge is 0.251 e. The Labute approximate surface area is 179 Å². The van der Waals surface area contributed by atoms with E-state index in [1.165, 1.54) is 16.4 Å². The highest BCUT2D eigenvalue weighted by Crippen LogP contribution is 2.23. The summed E-state index contributed by atoms with van der Waals surface area (Å²) in [4.78, 5) is 21.3. The molecule has 1 amide bonds. The number of nitrogens with one attached hydrogen (secondary N) is 1. The van der Waals surface area contributed by atoms with Crippen LogP contribution < -0.4 is 5.32 Å². The maximum absolute atomic E-state index is 12.6. The summed E-state index contributed by atoms with van der Waals surface area (Å²) < 4.78 is 26.6. The molecule has 0 aliphatic carbocycles. The molecule has 0 spiro atoms. The largest absolute Gasteiger partial charge is 0.352 e. The molecule has 0 saturated carbocycles. The first kappa shape index (κ1) is 20.6. The third-order valence-electron chi connectivity index (χ3n) is 4.95. The lowest BCUT2D eigenvalue weighted by molar-refractivity contribution is 0.0954. The van der Waals surface area contributed by atoms with E-state index < -0.39 is 10.0 Å². The minimum Gasteiger partial charge on any atom is -0.352 e. The molecule has 1 aromatic carbocycles. The lowest BCUT2D eigenvalue weighted by atomic mass is 10.2. The van der Waals surface area contributed by atoms with Gasteiger partial charge in [0.2, 0.25) is 10.0 Å². The van der Waals surface area contributed by atoms with Gasteiger partial charge in [0.1, 0.15) is 5.01 Å². The summed E-state index contributed by atoms with van der Waals surface area (Å²) in [6, 6.07) is 9.96. The molecular weight excluding hydrogens is 420 g/mol. The molecule has 1 fully saturated rings. The average Bonchev–Trinajstić information content (AvgIpc) is 3.47. The SMILES string of the molecule is O=C(NCCc1csc(-c2cccnc2)n1)c1ccc(S(=O)(=O)N2CCCC2)cc1. The zero-order valence-corrected chi connectivity index (χ0v) is 18.0. The summed E-state index contributed by atoms with van der Waals surface area (Å²) >= 11 is 1.55. The molecule has 3 heterocycles. The van der Waals surface area contributed by atoms with E-state index >= 15 is 0 Å². The molecule has 156 valence electrons. The van der Waals surface area contributed by atoms with Crippen LogP contribution in [0.5, 0.6) is 0 Å². The number of aromatic nitrogens is 2. The van der Waals surface area contributed by atoms with Gasteiger partial charge in [-0.15, -0.1) is 11.3 Å². The number of hydrogen-bond acceptors (Lipinski definition) is 6. The van der Waals surface area contributed by atoms with Crippen molar-refractivity contribution in [2.45, 2.75) is 24.2 Å². The Bertz CT molecular complexity index is 1110. The Morgan fingerprint density at radius 1 is 1.13 bits per heavy atom. The van der Waals surface area contributed by atoms with Crippen LogP contribution in [0.2, 0.25) is 0 Å². The summed E-state index contributed by atoms with van der Waals surface area (Å²) in [5, 5.41) is 5.74. The van der Waals surface area contributed by atoms with Crippen molar-refractivity contribution in [3.63, 3.8) is 0 Å². The second-order valence-electron chi connectivity index (χ2n) is 7.03. The van der Waals surface area contributed by atoms with Crippen molar-refractivity contribution < 1.29 is 13.2 Å². The molecule has 30 heavy (non-hydrogen) atoms. The minimum absolute atomic E-state index is 0.228. The molecule has 3 aromatic rings. The number of nitrogens with zero attached hydrogens (tertiary/aromatic N) is 3. The van der Waals surface area contributed by atoms with Crippen LogP contribution in [-0.2, 0) is 16.4 Å². The zero-order chi connectivity index (χ0) is 21.0. The molecule has 0 atom stereocenters. The standard InChI is InChI=1S/C21H22N4O3S2/c26-20(16-5-7-19(8-6-16)30(27,28)25-12-1-2-13-25)23-11-9-18-15-29-21(24-18)17-4-3-10-22-14-17/h3-8,10,14-15H,1-2,9,11-13H2,(H,23,26). The maximum atomic E-state index is 12.6. The molecule has 1 N–H and O–H groups in total. The highest BCUT2D eigenvalue weighted by Gasteiger charge is 2.27. The van der Waals surface area contributed by atoms with Gasteiger partial charge in [0.25, 0.3) is 5.91 Å². The number of pyridine rings is 1. The van der Waals surface area contributed by atoms with Crippen molar-refractivity contribution in [1.82, 2.24) is 19.6 Å². The van der Waals surface area contributed by atoms with E-state index in [0.29, 0.717) is 31.6 Å². The second kappa shape index (κ2) is 9.03. The van der Waals surface area contributed by atoms with E-state index in [0.717, 1.165) is 29.1 Å². The van der Waals surface area contributed by atoms with Crippen molar-refractivity contribution in [1.29, 1.82) is 0 Å². The first-order chi connectivity index (χ1) is 14.5. The molecule has 0 bridgehead atoms. The van der Waals surface area contributed by atoms with Gasteiger partial charge in [0.15, 0.2) is 0 Å². The van der Waals surface area contributed by atoms with Crippen LogP contribution in [-0.4, -0.2) is 48.2 Å². The monoisotopic (exact) mass is 442 g/mol. The summed E-state index contributed by atoms with van der Waals surface area (Å²) in [5.74, 6) is -0.233. The first-order valence-corrected chi connectivity index (χ1v) is 12.1. The predicted octanol–water partition coefficient (Wildman–Crippen LogP) is 2.96. The molecule has 0 unspecified atom stereocenters. The Morgan fingerprint density at radius 2 is 1.90 bits per heavy atom. The van der Waals surface area contributed by atoms with Crippen molar-refractivity contribution in [3.05, 3.63) is 65.4 Å². The van der Waals surface area contributed by atoms with E-state index in [-0.39, 0.29) is 10.8 Å². The Morgan fingerprint density at radius 3 is 2.60 bits per heavy atom. The third-order valence-corrected chi connectivity index (χ3v) is 7.80. The van der Waals surface area contributed by atoms with Crippen LogP contribution in [0.25, 0.3) is 10.6 Å². The van der Waals surface area contributed by atoms with Gasteiger partial charge >= 0.3 is 0 Å². The van der Waals surface area contributed by atoms with Gasteiger partial charge in [0, 0.05) is 55.0 Å². The van der Waals surface area contributed by atoms with Gasteiger partial charge in [-0.05, 0) is 49.2 Å². The molecule has 9 heteroatoms. The Kier molecular flexibility index (Phi) is 6.21. The molecule has 1 saturated heterocycles. The van der Waals surface area contributed by atoms with E-state index in [2.05, 4.69) is 15.3 Å². The highest BCUT2D eigenvalue weighted by atomic mass is 32.2. The Balaban J connectivity index is 1.32. The van der Waals surface area contributed by atoms with Gasteiger partial charge in [0.05, 0.1) is 10.6 Å². The molecule has 4 rings (SSSR count). The molecule has 7 nitrogen and oxygen atoms in total. The van der Waals surface area contributed by atoms with Crippen LogP contribution >= 0.6 is 11.3 Å². The third kappa shape index (κ3) is 4.58. The number of sulfonamides is 1. The van der Waals surface area contributed by atoms with Crippen LogP contribution in [0.4, 0.5) is 0 Å². The Hall–Kier alpha value is -2.62. The number of benzene rings is 1. The number of hydrogen-bond donors (Lipinski definition) is 1. The fraction of sp³-hybridized carbons (Fsp3) is 0.286. The highest BCUT2D eigenvalue weighted by molar-refractivity contribution is 7.89. The lowest BCUT2D eigenvalue weighted by Crippen LogP contribution is -2.28. The number of thiazole rings is 1. The van der Waals surface area contributed by atoms with Crippen molar-refractivity contribution in [2.24, 2.45) is 0 Å². The number of rotatable bonds is 7. The van der Waals surface area contributed by atoms with Crippen molar-refractivity contribution in [2.75, 3.05) is 19.6 Å². The van der Waals surface area contributed by atoms with Gasteiger partial charge in [-0.2, -0.15) is 4.31 Å². The maximum Gasteiger partial charge on any atom is 0.251 e. The quantitative estimate of drug-likeness (QED) is 0.607. The number of carbonyl (C=O) groups is 1. The van der Waals surface area contributed by atoms with Gasteiger partial charge in [-0.3, -0.25) is 9.78 Å². The van der Waals surface area contributed by atoms with Crippen molar-refractivity contribution in [3.8, 4) is 10.6 Å².